The Morgan fingerprint density at radius 2 is 1.76 bits per heavy atom. The van der Waals surface area contributed by atoms with E-state index in [4.69, 9.17) is 9.47 Å². The zero-order valence-electron chi connectivity index (χ0n) is 14.3. The average Bonchev–Trinajstić information content (AvgIpc) is 2.48. The standard InChI is InChI=1S/C16H20F3NO5/c1-15(2,3)25-14(22)20-9-12(13(21)23-4)24-11-8-6-5-7-10(11)16(17,18)19/h5-8,12H,9H2,1-4H3,(H,20,22). The number of amides is 1. The van der Waals surface area contributed by atoms with Gasteiger partial charge in [0.25, 0.3) is 0 Å². The molecule has 0 aliphatic heterocycles. The van der Waals surface area contributed by atoms with E-state index in [0.717, 1.165) is 19.2 Å². The van der Waals surface area contributed by atoms with Crippen molar-refractivity contribution in [3.8, 4) is 5.75 Å². The lowest BCUT2D eigenvalue weighted by atomic mass is 10.2. The molecular weight excluding hydrogens is 343 g/mol. The number of nitrogens with one attached hydrogen (secondary N) is 1. The van der Waals surface area contributed by atoms with Crippen LogP contribution in [0.25, 0.3) is 0 Å². The van der Waals surface area contributed by atoms with Gasteiger partial charge in [0.1, 0.15) is 11.4 Å². The molecule has 1 aromatic carbocycles. The normalized spacial score (nSPS) is 12.9. The van der Waals surface area contributed by atoms with Crippen LogP contribution in [0.5, 0.6) is 5.75 Å². The largest absolute Gasteiger partial charge is 0.476 e. The van der Waals surface area contributed by atoms with Crippen molar-refractivity contribution in [1.29, 1.82) is 0 Å². The van der Waals surface area contributed by atoms with Crippen LogP contribution in [0, 0.1) is 0 Å². The van der Waals surface area contributed by atoms with Crippen LogP contribution < -0.4 is 10.1 Å². The summed E-state index contributed by atoms with van der Waals surface area (Å²) in [7, 11) is 1.06. The number of halogens is 3. The monoisotopic (exact) mass is 363 g/mol. The van der Waals surface area contributed by atoms with Crippen molar-refractivity contribution in [2.75, 3.05) is 13.7 Å². The van der Waals surface area contributed by atoms with Gasteiger partial charge in [0, 0.05) is 0 Å². The number of alkyl carbamates (subject to hydrolysis) is 1. The second-order valence-electron chi connectivity index (χ2n) is 6.01. The van der Waals surface area contributed by atoms with Crippen LogP contribution >= 0.6 is 0 Å². The van der Waals surface area contributed by atoms with Crippen LogP contribution in [0.2, 0.25) is 0 Å². The molecule has 0 saturated carbocycles. The second-order valence-corrected chi connectivity index (χ2v) is 6.01. The number of benzene rings is 1. The molecule has 6 nitrogen and oxygen atoms in total. The third-order valence-corrected chi connectivity index (χ3v) is 2.76. The number of alkyl halides is 3. The Morgan fingerprint density at radius 1 is 1.16 bits per heavy atom. The number of carbonyl (C=O) groups excluding carboxylic acids is 2. The molecule has 1 N–H and O–H groups in total. The number of hydrogen-bond acceptors (Lipinski definition) is 5. The quantitative estimate of drug-likeness (QED) is 0.814. The molecule has 1 unspecified atom stereocenters. The summed E-state index contributed by atoms with van der Waals surface area (Å²) in [6, 6.07) is 4.43. The Morgan fingerprint density at radius 3 is 2.28 bits per heavy atom. The molecule has 1 rings (SSSR count). The SMILES string of the molecule is COC(=O)C(CNC(=O)OC(C)(C)C)Oc1ccccc1C(F)(F)F. The highest BCUT2D eigenvalue weighted by atomic mass is 19.4. The number of methoxy groups -OCH3 is 1. The Hall–Kier alpha value is -2.45. The van der Waals surface area contributed by atoms with Crippen molar-refractivity contribution in [3.63, 3.8) is 0 Å². The number of esters is 1. The van der Waals surface area contributed by atoms with Gasteiger partial charge in [-0.2, -0.15) is 13.2 Å². The van der Waals surface area contributed by atoms with Crippen molar-refractivity contribution >= 4 is 12.1 Å². The maximum absolute atomic E-state index is 13.0. The summed E-state index contributed by atoms with van der Waals surface area (Å²) in [6.07, 6.45) is -6.97. The van der Waals surface area contributed by atoms with Gasteiger partial charge in [0.2, 0.25) is 6.10 Å². The molecular formula is C16H20F3NO5. The molecule has 0 aromatic heterocycles. The lowest BCUT2D eigenvalue weighted by molar-refractivity contribution is -0.151. The molecule has 1 atom stereocenters. The highest BCUT2D eigenvalue weighted by Gasteiger charge is 2.35. The molecule has 0 bridgehead atoms. The summed E-state index contributed by atoms with van der Waals surface area (Å²) in [4.78, 5) is 23.4. The lowest BCUT2D eigenvalue weighted by Gasteiger charge is -2.22. The molecule has 1 aromatic rings. The molecule has 0 heterocycles. The lowest BCUT2D eigenvalue weighted by Crippen LogP contribution is -2.43. The zero-order chi connectivity index (χ0) is 19.3. The summed E-state index contributed by atoms with van der Waals surface area (Å²) in [5.41, 5.74) is -1.81. The van der Waals surface area contributed by atoms with Gasteiger partial charge in [0.05, 0.1) is 19.2 Å². The molecule has 140 valence electrons. The van der Waals surface area contributed by atoms with Crippen LogP contribution in [-0.4, -0.2) is 37.4 Å². The predicted octanol–water partition coefficient (Wildman–Crippen LogP) is 3.15. The molecule has 0 spiro atoms. The first-order valence-corrected chi connectivity index (χ1v) is 7.31. The molecule has 0 saturated heterocycles. The fourth-order valence-electron chi connectivity index (χ4n) is 1.75. The van der Waals surface area contributed by atoms with Gasteiger partial charge in [-0.15, -0.1) is 0 Å². The van der Waals surface area contributed by atoms with Gasteiger partial charge < -0.3 is 19.5 Å². The number of rotatable bonds is 5. The summed E-state index contributed by atoms with van der Waals surface area (Å²) < 4.78 is 53.6. The van der Waals surface area contributed by atoms with E-state index in [1.54, 1.807) is 20.8 Å². The molecule has 9 heteroatoms. The number of hydrogen-bond donors (Lipinski definition) is 1. The van der Waals surface area contributed by atoms with Gasteiger partial charge in [-0.25, -0.2) is 9.59 Å². The van der Waals surface area contributed by atoms with E-state index in [-0.39, 0.29) is 0 Å². The van der Waals surface area contributed by atoms with Crippen molar-refractivity contribution in [1.82, 2.24) is 5.32 Å². The molecule has 0 fully saturated rings. The summed E-state index contributed by atoms with van der Waals surface area (Å²) in [5.74, 6) is -1.48. The maximum Gasteiger partial charge on any atom is 0.419 e. The molecule has 1 amide bonds. The van der Waals surface area contributed by atoms with Gasteiger partial charge >= 0.3 is 18.2 Å². The minimum absolute atomic E-state index is 0.423. The van der Waals surface area contributed by atoms with Gasteiger partial charge in [-0.05, 0) is 32.9 Å². The van der Waals surface area contributed by atoms with Gasteiger partial charge in [-0.3, -0.25) is 0 Å². The second kappa shape index (κ2) is 8.09. The minimum atomic E-state index is -4.66. The van der Waals surface area contributed by atoms with E-state index in [9.17, 15) is 22.8 Å². The number of carbonyl (C=O) groups is 2. The minimum Gasteiger partial charge on any atom is -0.476 e. The third-order valence-electron chi connectivity index (χ3n) is 2.76. The van der Waals surface area contributed by atoms with Crippen molar-refractivity contribution in [3.05, 3.63) is 29.8 Å². The Balaban J connectivity index is 2.89. The fraction of sp³-hybridized carbons (Fsp3) is 0.500. The topological polar surface area (TPSA) is 73.9 Å². The van der Waals surface area contributed by atoms with E-state index < -0.39 is 47.8 Å². The summed E-state index contributed by atoms with van der Waals surface area (Å²) in [6.45, 7) is 4.50. The molecule has 0 radical (unpaired) electrons. The number of para-hydroxylation sites is 1. The first-order chi connectivity index (χ1) is 11.4. The van der Waals surface area contributed by atoms with Crippen LogP contribution in [-0.2, 0) is 20.4 Å². The Bertz CT molecular complexity index is 611. The van der Waals surface area contributed by atoms with Crippen molar-refractivity contribution < 1.29 is 37.0 Å². The summed E-state index contributed by atoms with van der Waals surface area (Å²) in [5, 5.41) is 2.26. The van der Waals surface area contributed by atoms with E-state index in [2.05, 4.69) is 10.1 Å². The van der Waals surface area contributed by atoms with E-state index in [1.807, 2.05) is 0 Å². The van der Waals surface area contributed by atoms with Gasteiger partial charge in [0.15, 0.2) is 0 Å². The Kier molecular flexibility index (Phi) is 6.66. The Labute approximate surface area is 143 Å². The van der Waals surface area contributed by atoms with Crippen LogP contribution in [0.1, 0.15) is 26.3 Å². The van der Waals surface area contributed by atoms with E-state index in [1.165, 1.54) is 12.1 Å². The zero-order valence-corrected chi connectivity index (χ0v) is 14.3. The van der Waals surface area contributed by atoms with Gasteiger partial charge in [-0.1, -0.05) is 12.1 Å². The van der Waals surface area contributed by atoms with Crippen LogP contribution in [0.15, 0.2) is 24.3 Å². The fourth-order valence-corrected chi connectivity index (χ4v) is 1.75. The highest BCUT2D eigenvalue weighted by molar-refractivity contribution is 5.76. The highest BCUT2D eigenvalue weighted by Crippen LogP contribution is 2.36. The van der Waals surface area contributed by atoms with Crippen LogP contribution in [0.3, 0.4) is 0 Å². The third kappa shape index (κ3) is 6.90. The first kappa shape index (κ1) is 20.6. The molecule has 0 aliphatic rings. The first-order valence-electron chi connectivity index (χ1n) is 7.31. The smallest absolute Gasteiger partial charge is 0.419 e. The summed E-state index contributed by atoms with van der Waals surface area (Å²) >= 11 is 0. The van der Waals surface area contributed by atoms with Crippen molar-refractivity contribution in [2.45, 2.75) is 38.7 Å². The van der Waals surface area contributed by atoms with E-state index in [0.29, 0.717) is 0 Å². The van der Waals surface area contributed by atoms with Crippen LogP contribution in [0.4, 0.5) is 18.0 Å². The average molecular weight is 363 g/mol. The maximum atomic E-state index is 13.0. The molecule has 0 aliphatic carbocycles. The van der Waals surface area contributed by atoms with Crippen molar-refractivity contribution in [2.24, 2.45) is 0 Å². The number of ether oxygens (including phenoxy) is 3. The molecule has 25 heavy (non-hydrogen) atoms. The predicted molar refractivity (Wildman–Crippen MR) is 82.1 cm³/mol. The van der Waals surface area contributed by atoms with E-state index >= 15 is 0 Å².